The van der Waals surface area contributed by atoms with Crippen molar-refractivity contribution in [3.05, 3.63) is 57.7 Å². The molecule has 0 fully saturated rings. The van der Waals surface area contributed by atoms with E-state index >= 15 is 0 Å². The van der Waals surface area contributed by atoms with Crippen molar-refractivity contribution >= 4 is 34.4 Å². The van der Waals surface area contributed by atoms with E-state index in [-0.39, 0.29) is 0 Å². The Hall–Kier alpha value is -0.480. The van der Waals surface area contributed by atoms with E-state index < -0.39 is 0 Å². The largest absolute Gasteiger partial charge is 0.0901 e. The molecule has 88 valence electrons. The van der Waals surface area contributed by atoms with Gasteiger partial charge in [0.05, 0.1) is 0 Å². The maximum atomic E-state index is 2.35. The van der Waals surface area contributed by atoms with Crippen molar-refractivity contribution in [3.63, 3.8) is 0 Å². The Morgan fingerprint density at radius 1 is 0.941 bits per heavy atom. The van der Waals surface area contributed by atoms with Crippen molar-refractivity contribution < 1.29 is 0 Å². The molecule has 0 aromatic heterocycles. The van der Waals surface area contributed by atoms with Gasteiger partial charge in [-0.1, -0.05) is 43.8 Å². The molecule has 0 N–H and O–H groups in total. The van der Waals surface area contributed by atoms with Gasteiger partial charge in [0.1, 0.15) is 0 Å². The zero-order valence-corrected chi connectivity index (χ0v) is 13.0. The molecule has 17 heavy (non-hydrogen) atoms. The fourth-order valence-corrected chi connectivity index (χ4v) is 3.22. The predicted molar refractivity (Wildman–Crippen MR) is 83.8 cm³/mol. The average molecular weight is 354 g/mol. The second-order valence-corrected chi connectivity index (χ2v) is 6.68. The molecule has 0 atom stereocenters. The molecule has 0 aliphatic carbocycles. The third-order valence-corrected chi connectivity index (χ3v) is 4.25. The van der Waals surface area contributed by atoms with Crippen LogP contribution in [0.1, 0.15) is 25.3 Å². The summed E-state index contributed by atoms with van der Waals surface area (Å²) in [5.41, 5.74) is 1.40. The molecule has 0 saturated heterocycles. The highest BCUT2D eigenvalue weighted by Gasteiger charge is 2.01. The van der Waals surface area contributed by atoms with Gasteiger partial charge in [0.25, 0.3) is 0 Å². The highest BCUT2D eigenvalue weighted by molar-refractivity contribution is 14.1. The molecule has 0 bridgehead atoms. The van der Waals surface area contributed by atoms with E-state index in [1.54, 1.807) is 0 Å². The van der Waals surface area contributed by atoms with Crippen molar-refractivity contribution in [2.45, 2.75) is 29.6 Å². The van der Waals surface area contributed by atoms with Crippen LogP contribution >= 0.6 is 34.4 Å². The highest BCUT2D eigenvalue weighted by atomic mass is 127. The minimum atomic E-state index is 0.603. The molecule has 0 unspecified atom stereocenters. The van der Waals surface area contributed by atoms with Crippen molar-refractivity contribution in [2.75, 3.05) is 0 Å². The third-order valence-electron chi connectivity index (χ3n) is 2.58. The molecular formula is C15H15IS. The van der Waals surface area contributed by atoms with Gasteiger partial charge in [0.2, 0.25) is 0 Å². The van der Waals surface area contributed by atoms with Crippen LogP contribution in [0, 0.1) is 3.57 Å². The van der Waals surface area contributed by atoms with Crippen LogP contribution in [0.25, 0.3) is 0 Å². The molecule has 0 aliphatic heterocycles. The smallest absolute Gasteiger partial charge is 0.0141 e. The molecule has 2 aromatic rings. The van der Waals surface area contributed by atoms with Gasteiger partial charge >= 0.3 is 0 Å². The molecular weight excluding hydrogens is 339 g/mol. The number of halogens is 1. The zero-order valence-electron chi connectivity index (χ0n) is 9.98. The molecule has 2 aromatic carbocycles. The quantitative estimate of drug-likeness (QED) is 0.650. The topological polar surface area (TPSA) is 0 Å². The first-order chi connectivity index (χ1) is 8.15. The van der Waals surface area contributed by atoms with Gasteiger partial charge in [0, 0.05) is 13.4 Å². The molecule has 0 amide bonds. The SMILES string of the molecule is CC(C)c1ccc(Sc2cccc(I)c2)cc1. The summed E-state index contributed by atoms with van der Waals surface area (Å²) in [4.78, 5) is 2.60. The first-order valence-electron chi connectivity index (χ1n) is 5.68. The zero-order chi connectivity index (χ0) is 12.3. The molecule has 0 heterocycles. The van der Waals surface area contributed by atoms with E-state index in [0.29, 0.717) is 5.92 Å². The summed E-state index contributed by atoms with van der Waals surface area (Å²) >= 11 is 4.17. The maximum absolute atomic E-state index is 2.35. The van der Waals surface area contributed by atoms with Crippen molar-refractivity contribution in [2.24, 2.45) is 0 Å². The van der Waals surface area contributed by atoms with E-state index in [1.165, 1.54) is 18.9 Å². The van der Waals surface area contributed by atoms with E-state index in [1.807, 2.05) is 11.8 Å². The maximum Gasteiger partial charge on any atom is 0.0141 e. The summed E-state index contributed by atoms with van der Waals surface area (Å²) in [6.45, 7) is 4.45. The van der Waals surface area contributed by atoms with Crippen LogP contribution in [0.15, 0.2) is 58.3 Å². The first-order valence-corrected chi connectivity index (χ1v) is 7.58. The lowest BCUT2D eigenvalue weighted by Gasteiger charge is -2.06. The summed E-state index contributed by atoms with van der Waals surface area (Å²) in [7, 11) is 0. The van der Waals surface area contributed by atoms with Gasteiger partial charge in [-0.05, 0) is 64.4 Å². The van der Waals surface area contributed by atoms with Crippen LogP contribution in [0.5, 0.6) is 0 Å². The van der Waals surface area contributed by atoms with Gasteiger partial charge in [-0.25, -0.2) is 0 Å². The van der Waals surface area contributed by atoms with Crippen LogP contribution in [0.2, 0.25) is 0 Å². The van der Waals surface area contributed by atoms with E-state index in [2.05, 4.69) is 85.0 Å². The molecule has 2 heteroatoms. The van der Waals surface area contributed by atoms with E-state index in [0.717, 1.165) is 0 Å². The third kappa shape index (κ3) is 3.75. The molecule has 2 rings (SSSR count). The second-order valence-electron chi connectivity index (χ2n) is 4.28. The molecule has 0 spiro atoms. The lowest BCUT2D eigenvalue weighted by atomic mass is 10.0. The molecule has 0 saturated carbocycles. The predicted octanol–water partition coefficient (Wildman–Crippen LogP) is 5.57. The van der Waals surface area contributed by atoms with E-state index in [9.17, 15) is 0 Å². The van der Waals surface area contributed by atoms with Gasteiger partial charge in [-0.2, -0.15) is 0 Å². The van der Waals surface area contributed by atoms with Gasteiger partial charge in [-0.3, -0.25) is 0 Å². The number of hydrogen-bond acceptors (Lipinski definition) is 1. The average Bonchev–Trinajstić information content (AvgIpc) is 2.29. The lowest BCUT2D eigenvalue weighted by molar-refractivity contribution is 0.865. The number of rotatable bonds is 3. The van der Waals surface area contributed by atoms with Crippen LogP contribution in [-0.2, 0) is 0 Å². The minimum absolute atomic E-state index is 0.603. The number of benzene rings is 2. The monoisotopic (exact) mass is 354 g/mol. The Balaban J connectivity index is 2.14. The molecule has 0 radical (unpaired) electrons. The second kappa shape index (κ2) is 5.91. The Morgan fingerprint density at radius 2 is 1.65 bits per heavy atom. The first kappa shape index (κ1) is 13.0. The Bertz CT molecular complexity index is 489. The summed E-state index contributed by atoms with van der Waals surface area (Å²) in [6.07, 6.45) is 0. The van der Waals surface area contributed by atoms with Crippen LogP contribution in [-0.4, -0.2) is 0 Å². The fourth-order valence-electron chi connectivity index (χ4n) is 1.59. The van der Waals surface area contributed by atoms with Gasteiger partial charge in [-0.15, -0.1) is 0 Å². The van der Waals surface area contributed by atoms with Crippen LogP contribution < -0.4 is 0 Å². The molecule has 0 aliphatic rings. The Labute approximate surface area is 121 Å². The highest BCUT2D eigenvalue weighted by Crippen LogP contribution is 2.29. The van der Waals surface area contributed by atoms with Crippen molar-refractivity contribution in [1.82, 2.24) is 0 Å². The lowest BCUT2D eigenvalue weighted by Crippen LogP contribution is -1.85. The van der Waals surface area contributed by atoms with Crippen LogP contribution in [0.4, 0.5) is 0 Å². The summed E-state index contributed by atoms with van der Waals surface area (Å²) in [6, 6.07) is 17.4. The van der Waals surface area contributed by atoms with E-state index in [4.69, 9.17) is 0 Å². The Kier molecular flexibility index (Phi) is 4.51. The summed E-state index contributed by atoms with van der Waals surface area (Å²) < 4.78 is 1.28. The summed E-state index contributed by atoms with van der Waals surface area (Å²) in [5.74, 6) is 0.603. The van der Waals surface area contributed by atoms with Crippen LogP contribution in [0.3, 0.4) is 0 Å². The summed E-state index contributed by atoms with van der Waals surface area (Å²) in [5, 5.41) is 0. The fraction of sp³-hybridized carbons (Fsp3) is 0.200. The van der Waals surface area contributed by atoms with Gasteiger partial charge < -0.3 is 0 Å². The standard InChI is InChI=1S/C15H15IS/c1-11(2)12-6-8-14(9-7-12)17-15-5-3-4-13(16)10-15/h3-11H,1-2H3. The van der Waals surface area contributed by atoms with Crippen molar-refractivity contribution in [1.29, 1.82) is 0 Å². The normalized spacial score (nSPS) is 10.8. The van der Waals surface area contributed by atoms with Crippen molar-refractivity contribution in [3.8, 4) is 0 Å². The number of hydrogen-bond donors (Lipinski definition) is 0. The minimum Gasteiger partial charge on any atom is -0.0901 e. The van der Waals surface area contributed by atoms with Gasteiger partial charge in [0.15, 0.2) is 0 Å². The Morgan fingerprint density at radius 3 is 2.24 bits per heavy atom. The molecule has 0 nitrogen and oxygen atoms in total.